The topological polar surface area (TPSA) is 67.9 Å². The minimum absolute atomic E-state index is 0.0383. The molecule has 148 valence electrons. The molecule has 1 saturated heterocycles. The van der Waals surface area contributed by atoms with E-state index in [4.69, 9.17) is 9.47 Å². The molecule has 0 spiro atoms. The van der Waals surface area contributed by atoms with E-state index in [9.17, 15) is 9.59 Å². The molecule has 2 aromatic rings. The maximum atomic E-state index is 13.0. The zero-order valence-corrected chi connectivity index (χ0v) is 16.3. The number of nitrogens with one attached hydrogen (secondary N) is 1. The van der Waals surface area contributed by atoms with Crippen LogP contribution in [0.4, 0.5) is 5.69 Å². The zero-order valence-electron chi connectivity index (χ0n) is 16.3. The van der Waals surface area contributed by atoms with Crippen molar-refractivity contribution in [3.8, 4) is 11.5 Å². The Morgan fingerprint density at radius 3 is 2.61 bits per heavy atom. The summed E-state index contributed by atoms with van der Waals surface area (Å²) in [7, 11) is 1.50. The third-order valence-electron chi connectivity index (χ3n) is 4.94. The highest BCUT2D eigenvalue weighted by Crippen LogP contribution is 2.32. The van der Waals surface area contributed by atoms with E-state index in [0.29, 0.717) is 24.5 Å². The second-order valence-electron chi connectivity index (χ2n) is 7.31. The van der Waals surface area contributed by atoms with Gasteiger partial charge < -0.3 is 19.7 Å². The average molecular weight is 382 g/mol. The summed E-state index contributed by atoms with van der Waals surface area (Å²) in [6, 6.07) is 16.8. The highest BCUT2D eigenvalue weighted by Gasteiger charge is 2.39. The molecule has 0 aliphatic carbocycles. The molecule has 2 aromatic carbocycles. The first-order valence-corrected chi connectivity index (χ1v) is 9.41. The van der Waals surface area contributed by atoms with Gasteiger partial charge in [-0.1, -0.05) is 24.3 Å². The van der Waals surface area contributed by atoms with Crippen molar-refractivity contribution in [1.29, 1.82) is 0 Å². The minimum atomic E-state index is -0.641. The average Bonchev–Trinajstić information content (AvgIpc) is 2.69. The minimum Gasteiger partial charge on any atom is -0.457 e. The molecule has 1 unspecified atom stereocenters. The fourth-order valence-electron chi connectivity index (χ4n) is 3.40. The van der Waals surface area contributed by atoms with E-state index in [1.165, 1.54) is 7.11 Å². The first-order chi connectivity index (χ1) is 13.5. The van der Waals surface area contributed by atoms with Crippen LogP contribution in [0.15, 0.2) is 54.6 Å². The number of methoxy groups -OCH3 is 1. The number of hydrogen-bond acceptors (Lipinski definition) is 4. The predicted octanol–water partition coefficient (Wildman–Crippen LogP) is 3.69. The quantitative estimate of drug-likeness (QED) is 0.827. The molecule has 6 heteroatoms. The van der Waals surface area contributed by atoms with Gasteiger partial charge in [-0.25, -0.2) is 0 Å². The lowest BCUT2D eigenvalue weighted by atomic mass is 9.81. The Morgan fingerprint density at radius 1 is 1.11 bits per heavy atom. The molecule has 1 N–H and O–H groups in total. The lowest BCUT2D eigenvalue weighted by molar-refractivity contribution is -0.141. The van der Waals surface area contributed by atoms with Crippen molar-refractivity contribution in [2.75, 3.05) is 32.1 Å². The van der Waals surface area contributed by atoms with Crippen molar-refractivity contribution in [2.24, 2.45) is 5.41 Å². The number of ether oxygens (including phenoxy) is 2. The van der Waals surface area contributed by atoms with Crippen LogP contribution in [0, 0.1) is 5.41 Å². The Bertz CT molecular complexity index is 824. The van der Waals surface area contributed by atoms with Gasteiger partial charge in [0, 0.05) is 32.0 Å². The van der Waals surface area contributed by atoms with Crippen LogP contribution in [0.1, 0.15) is 19.8 Å². The summed E-state index contributed by atoms with van der Waals surface area (Å²) in [6.07, 6.45) is 1.52. The number of rotatable bonds is 6. The van der Waals surface area contributed by atoms with Gasteiger partial charge >= 0.3 is 0 Å². The van der Waals surface area contributed by atoms with Crippen molar-refractivity contribution < 1.29 is 19.1 Å². The van der Waals surface area contributed by atoms with Gasteiger partial charge in [-0.3, -0.25) is 9.59 Å². The van der Waals surface area contributed by atoms with Gasteiger partial charge in [0.25, 0.3) is 0 Å². The molecule has 28 heavy (non-hydrogen) atoms. The van der Waals surface area contributed by atoms with Gasteiger partial charge in [0.2, 0.25) is 11.8 Å². The van der Waals surface area contributed by atoms with E-state index in [0.717, 1.165) is 18.6 Å². The maximum Gasteiger partial charge on any atom is 0.248 e. The molecule has 1 fully saturated rings. The van der Waals surface area contributed by atoms with E-state index in [1.807, 2.05) is 55.5 Å². The maximum absolute atomic E-state index is 13.0. The highest BCUT2D eigenvalue weighted by atomic mass is 16.5. The Labute approximate surface area is 165 Å². The Morgan fingerprint density at radius 2 is 1.86 bits per heavy atom. The lowest BCUT2D eigenvalue weighted by Gasteiger charge is -2.39. The number of piperidine rings is 1. The number of carbonyl (C=O) groups is 2. The zero-order chi connectivity index (χ0) is 20.0. The molecular formula is C22H26N2O4. The van der Waals surface area contributed by atoms with Crippen molar-refractivity contribution >= 4 is 17.5 Å². The first kappa shape index (κ1) is 19.9. The second kappa shape index (κ2) is 8.89. The van der Waals surface area contributed by atoms with Gasteiger partial charge in [-0.2, -0.15) is 0 Å². The molecule has 1 aliphatic heterocycles. The number of likely N-dealkylation sites (tertiary alicyclic amines) is 1. The number of benzene rings is 2. The summed E-state index contributed by atoms with van der Waals surface area (Å²) in [4.78, 5) is 26.8. The lowest BCUT2D eigenvalue weighted by Crippen LogP contribution is -2.50. The van der Waals surface area contributed by atoms with E-state index in [1.54, 1.807) is 11.0 Å². The van der Waals surface area contributed by atoms with Crippen LogP contribution >= 0.6 is 0 Å². The molecule has 3 rings (SSSR count). The molecule has 0 saturated carbocycles. The molecule has 1 atom stereocenters. The Balaban J connectivity index is 1.66. The highest BCUT2D eigenvalue weighted by molar-refractivity contribution is 5.96. The SMILES string of the molecule is COCC(=O)N1CCCC(C)(C(=O)Nc2cccc(Oc3ccccc3)c2)C1. The number of para-hydroxylation sites is 1. The van der Waals surface area contributed by atoms with E-state index < -0.39 is 5.41 Å². The normalized spacial score (nSPS) is 19.1. The van der Waals surface area contributed by atoms with Crippen molar-refractivity contribution in [3.63, 3.8) is 0 Å². The van der Waals surface area contributed by atoms with Crippen molar-refractivity contribution in [1.82, 2.24) is 4.90 Å². The van der Waals surface area contributed by atoms with Crippen LogP contribution in [0.3, 0.4) is 0 Å². The first-order valence-electron chi connectivity index (χ1n) is 9.41. The van der Waals surface area contributed by atoms with Crippen LogP contribution in [-0.4, -0.2) is 43.5 Å². The second-order valence-corrected chi connectivity index (χ2v) is 7.31. The predicted molar refractivity (Wildman–Crippen MR) is 107 cm³/mol. The fourth-order valence-corrected chi connectivity index (χ4v) is 3.40. The molecular weight excluding hydrogens is 356 g/mol. The molecule has 1 heterocycles. The third kappa shape index (κ3) is 4.89. The summed E-state index contributed by atoms with van der Waals surface area (Å²) in [5.74, 6) is 1.20. The number of nitrogens with zero attached hydrogens (tertiary/aromatic N) is 1. The van der Waals surface area contributed by atoms with Gasteiger partial charge in [0.15, 0.2) is 0 Å². The van der Waals surface area contributed by atoms with Crippen LogP contribution in [-0.2, 0) is 14.3 Å². The molecule has 1 aliphatic rings. The third-order valence-corrected chi connectivity index (χ3v) is 4.94. The fraction of sp³-hybridized carbons (Fsp3) is 0.364. The van der Waals surface area contributed by atoms with Crippen LogP contribution in [0.5, 0.6) is 11.5 Å². The van der Waals surface area contributed by atoms with E-state index >= 15 is 0 Å². The number of hydrogen-bond donors (Lipinski definition) is 1. The van der Waals surface area contributed by atoms with Gasteiger partial charge in [0.1, 0.15) is 18.1 Å². The molecule has 2 amide bonds. The van der Waals surface area contributed by atoms with Crippen LogP contribution < -0.4 is 10.1 Å². The van der Waals surface area contributed by atoms with E-state index in [-0.39, 0.29) is 18.4 Å². The summed E-state index contributed by atoms with van der Waals surface area (Å²) in [5, 5.41) is 2.98. The smallest absolute Gasteiger partial charge is 0.248 e. The summed E-state index contributed by atoms with van der Waals surface area (Å²) in [6.45, 7) is 2.99. The van der Waals surface area contributed by atoms with Gasteiger partial charge in [-0.15, -0.1) is 0 Å². The molecule has 0 aromatic heterocycles. The van der Waals surface area contributed by atoms with E-state index in [2.05, 4.69) is 5.32 Å². The van der Waals surface area contributed by atoms with Crippen LogP contribution in [0.2, 0.25) is 0 Å². The van der Waals surface area contributed by atoms with Crippen molar-refractivity contribution in [3.05, 3.63) is 54.6 Å². The van der Waals surface area contributed by atoms with Crippen LogP contribution in [0.25, 0.3) is 0 Å². The number of carbonyl (C=O) groups excluding carboxylic acids is 2. The standard InChI is InChI=1S/C22H26N2O4/c1-22(12-7-13-24(16-22)20(25)15-27-2)21(26)23-17-8-6-11-19(14-17)28-18-9-4-3-5-10-18/h3-6,8-11,14H,7,12-13,15-16H2,1-2H3,(H,23,26). The Hall–Kier alpha value is -2.86. The Kier molecular flexibility index (Phi) is 6.31. The van der Waals surface area contributed by atoms with Gasteiger partial charge in [0.05, 0.1) is 5.41 Å². The number of anilines is 1. The van der Waals surface area contributed by atoms with Crippen molar-refractivity contribution in [2.45, 2.75) is 19.8 Å². The summed E-state index contributed by atoms with van der Waals surface area (Å²) < 4.78 is 10.8. The molecule has 6 nitrogen and oxygen atoms in total. The largest absolute Gasteiger partial charge is 0.457 e. The monoisotopic (exact) mass is 382 g/mol. The van der Waals surface area contributed by atoms with Gasteiger partial charge in [-0.05, 0) is 44.0 Å². The summed E-state index contributed by atoms with van der Waals surface area (Å²) >= 11 is 0. The number of amides is 2. The summed E-state index contributed by atoms with van der Waals surface area (Å²) in [5.41, 5.74) is 0.0257. The molecule has 0 bridgehead atoms. The molecule has 0 radical (unpaired) electrons.